The van der Waals surface area contributed by atoms with Crippen LogP contribution >= 0.6 is 0 Å². The molecule has 0 aliphatic carbocycles. The molecule has 5 nitrogen and oxygen atoms in total. The summed E-state index contributed by atoms with van der Waals surface area (Å²) in [5.41, 5.74) is 0.739. The number of hydrogen-bond donors (Lipinski definition) is 1. The first-order valence-corrected chi connectivity index (χ1v) is 6.83. The zero-order chi connectivity index (χ0) is 13.8. The maximum absolute atomic E-state index is 12.9. The zero-order valence-electron chi connectivity index (χ0n) is 11.2. The van der Waals surface area contributed by atoms with Gasteiger partial charge in [-0.2, -0.15) is 0 Å². The summed E-state index contributed by atoms with van der Waals surface area (Å²) in [6, 6.07) is 6.06. The minimum Gasteiger partial charge on any atom is -0.419 e. The molecule has 0 radical (unpaired) electrons. The molecule has 2 aromatic rings. The molecular formula is C14H17FN4O. The Balaban J connectivity index is 1.68. The number of halogens is 1. The van der Waals surface area contributed by atoms with Crippen molar-refractivity contribution in [1.82, 2.24) is 20.4 Å². The van der Waals surface area contributed by atoms with Crippen molar-refractivity contribution >= 4 is 0 Å². The van der Waals surface area contributed by atoms with Gasteiger partial charge < -0.3 is 9.73 Å². The van der Waals surface area contributed by atoms with Gasteiger partial charge in [0.1, 0.15) is 5.82 Å². The summed E-state index contributed by atoms with van der Waals surface area (Å²) in [4.78, 5) is 2.29. The van der Waals surface area contributed by atoms with Crippen LogP contribution in [0.3, 0.4) is 0 Å². The summed E-state index contributed by atoms with van der Waals surface area (Å²) in [6.07, 6.45) is 1.12. The van der Waals surface area contributed by atoms with E-state index in [-0.39, 0.29) is 5.82 Å². The third kappa shape index (κ3) is 3.20. The minimum absolute atomic E-state index is 0.273. The molecule has 1 aromatic carbocycles. The van der Waals surface area contributed by atoms with Gasteiger partial charge in [-0.05, 0) is 43.8 Å². The lowest BCUT2D eigenvalue weighted by atomic mass is 10.2. The Morgan fingerprint density at radius 3 is 2.85 bits per heavy atom. The second-order valence-corrected chi connectivity index (χ2v) is 4.89. The highest BCUT2D eigenvalue weighted by Gasteiger charge is 2.14. The van der Waals surface area contributed by atoms with Crippen molar-refractivity contribution in [3.63, 3.8) is 0 Å². The summed E-state index contributed by atoms with van der Waals surface area (Å²) in [5.74, 6) is 0.768. The van der Waals surface area contributed by atoms with Crippen molar-refractivity contribution in [3.05, 3.63) is 36.0 Å². The van der Waals surface area contributed by atoms with Gasteiger partial charge in [0.2, 0.25) is 11.8 Å². The Labute approximate surface area is 116 Å². The van der Waals surface area contributed by atoms with Crippen molar-refractivity contribution in [2.75, 3.05) is 26.2 Å². The van der Waals surface area contributed by atoms with Gasteiger partial charge in [-0.15, -0.1) is 10.2 Å². The van der Waals surface area contributed by atoms with Gasteiger partial charge in [0.05, 0.1) is 6.54 Å². The maximum atomic E-state index is 12.9. The van der Waals surface area contributed by atoms with Gasteiger partial charge in [-0.25, -0.2) is 4.39 Å². The third-order valence-electron chi connectivity index (χ3n) is 3.35. The quantitative estimate of drug-likeness (QED) is 0.924. The molecule has 1 aliphatic rings. The van der Waals surface area contributed by atoms with Crippen molar-refractivity contribution in [2.24, 2.45) is 0 Å². The van der Waals surface area contributed by atoms with Gasteiger partial charge in [0.25, 0.3) is 0 Å². The maximum Gasteiger partial charge on any atom is 0.247 e. The number of nitrogens with one attached hydrogen (secondary N) is 1. The zero-order valence-corrected chi connectivity index (χ0v) is 11.2. The van der Waals surface area contributed by atoms with E-state index in [2.05, 4.69) is 20.4 Å². The molecule has 0 bridgehead atoms. The number of nitrogens with zero attached hydrogens (tertiary/aromatic N) is 3. The van der Waals surface area contributed by atoms with Gasteiger partial charge in [0, 0.05) is 18.7 Å². The van der Waals surface area contributed by atoms with Crippen LogP contribution in [0.2, 0.25) is 0 Å². The molecule has 3 rings (SSSR count). The molecule has 0 saturated carbocycles. The SMILES string of the molecule is Fc1ccc(-c2nnc(CN3CCCNCC3)o2)cc1. The summed E-state index contributed by atoms with van der Waals surface area (Å²) in [5, 5.41) is 11.4. The molecule has 1 N–H and O–H groups in total. The predicted molar refractivity (Wildman–Crippen MR) is 72.5 cm³/mol. The molecule has 106 valence electrons. The Morgan fingerprint density at radius 2 is 2.00 bits per heavy atom. The first-order valence-electron chi connectivity index (χ1n) is 6.83. The van der Waals surface area contributed by atoms with E-state index in [0.29, 0.717) is 18.3 Å². The number of rotatable bonds is 3. The molecule has 0 atom stereocenters. The average Bonchev–Trinajstić information content (AvgIpc) is 2.76. The van der Waals surface area contributed by atoms with Crippen LogP contribution in [0, 0.1) is 5.82 Å². The molecule has 0 unspecified atom stereocenters. The molecule has 0 spiro atoms. The summed E-state index contributed by atoms with van der Waals surface area (Å²) < 4.78 is 18.5. The van der Waals surface area contributed by atoms with Crippen LogP contribution in [0.15, 0.2) is 28.7 Å². The Morgan fingerprint density at radius 1 is 1.15 bits per heavy atom. The fraction of sp³-hybridized carbons (Fsp3) is 0.429. The van der Waals surface area contributed by atoms with E-state index < -0.39 is 0 Å². The molecule has 1 aliphatic heterocycles. The number of aromatic nitrogens is 2. The lowest BCUT2D eigenvalue weighted by molar-refractivity contribution is 0.255. The number of hydrogen-bond acceptors (Lipinski definition) is 5. The fourth-order valence-electron chi connectivity index (χ4n) is 2.28. The van der Waals surface area contributed by atoms with Crippen LogP contribution in [0.25, 0.3) is 11.5 Å². The van der Waals surface area contributed by atoms with Crippen molar-refractivity contribution in [1.29, 1.82) is 0 Å². The second kappa shape index (κ2) is 6.11. The molecule has 1 saturated heterocycles. The molecular weight excluding hydrogens is 259 g/mol. The summed E-state index contributed by atoms with van der Waals surface area (Å²) in [7, 11) is 0. The molecule has 1 aromatic heterocycles. The smallest absolute Gasteiger partial charge is 0.247 e. The normalized spacial score (nSPS) is 17.1. The molecule has 0 amide bonds. The van der Waals surface area contributed by atoms with Crippen LogP contribution in [-0.4, -0.2) is 41.3 Å². The van der Waals surface area contributed by atoms with Gasteiger partial charge in [0.15, 0.2) is 0 Å². The van der Waals surface area contributed by atoms with E-state index in [1.165, 1.54) is 12.1 Å². The molecule has 6 heteroatoms. The lowest BCUT2D eigenvalue weighted by Gasteiger charge is -2.16. The van der Waals surface area contributed by atoms with E-state index >= 15 is 0 Å². The summed E-state index contributed by atoms with van der Waals surface area (Å²) >= 11 is 0. The highest BCUT2D eigenvalue weighted by Crippen LogP contribution is 2.18. The largest absolute Gasteiger partial charge is 0.419 e. The predicted octanol–water partition coefficient (Wildman–Crippen LogP) is 1.67. The van der Waals surface area contributed by atoms with Gasteiger partial charge >= 0.3 is 0 Å². The highest BCUT2D eigenvalue weighted by atomic mass is 19.1. The summed E-state index contributed by atoms with van der Waals surface area (Å²) in [6.45, 7) is 4.71. The van der Waals surface area contributed by atoms with Crippen LogP contribution in [-0.2, 0) is 6.54 Å². The fourth-order valence-corrected chi connectivity index (χ4v) is 2.28. The van der Waals surface area contributed by atoms with Gasteiger partial charge in [-0.1, -0.05) is 0 Å². The topological polar surface area (TPSA) is 54.2 Å². The van der Waals surface area contributed by atoms with Crippen LogP contribution in [0.1, 0.15) is 12.3 Å². The van der Waals surface area contributed by atoms with Crippen LogP contribution in [0.4, 0.5) is 4.39 Å². The second-order valence-electron chi connectivity index (χ2n) is 4.89. The van der Waals surface area contributed by atoms with Crippen LogP contribution in [0.5, 0.6) is 0 Å². The molecule has 20 heavy (non-hydrogen) atoms. The van der Waals surface area contributed by atoms with E-state index in [1.807, 2.05) is 0 Å². The lowest BCUT2D eigenvalue weighted by Crippen LogP contribution is -2.27. The van der Waals surface area contributed by atoms with Crippen molar-refractivity contribution < 1.29 is 8.81 Å². The highest BCUT2D eigenvalue weighted by molar-refractivity contribution is 5.51. The van der Waals surface area contributed by atoms with E-state index in [4.69, 9.17) is 4.42 Å². The first-order chi connectivity index (χ1) is 9.81. The average molecular weight is 276 g/mol. The van der Waals surface area contributed by atoms with Crippen molar-refractivity contribution in [3.8, 4) is 11.5 Å². The molecule has 2 heterocycles. The monoisotopic (exact) mass is 276 g/mol. The van der Waals surface area contributed by atoms with Gasteiger partial charge in [-0.3, -0.25) is 4.90 Å². The standard InChI is InChI=1S/C14H17FN4O/c15-12-4-2-11(3-5-12)14-18-17-13(20-14)10-19-8-1-6-16-7-9-19/h2-5,16H,1,6-10H2. The molecule has 1 fully saturated rings. The Hall–Kier alpha value is -1.79. The van der Waals surface area contributed by atoms with E-state index in [9.17, 15) is 4.39 Å². The third-order valence-corrected chi connectivity index (χ3v) is 3.35. The minimum atomic E-state index is -0.273. The van der Waals surface area contributed by atoms with Crippen LogP contribution < -0.4 is 5.32 Å². The van der Waals surface area contributed by atoms with E-state index in [1.54, 1.807) is 12.1 Å². The Kier molecular flexibility index (Phi) is 4.03. The Bertz CT molecular complexity index is 547. The number of benzene rings is 1. The first kappa shape index (κ1) is 13.2. The van der Waals surface area contributed by atoms with E-state index in [0.717, 1.165) is 38.2 Å². The van der Waals surface area contributed by atoms with Crippen molar-refractivity contribution in [2.45, 2.75) is 13.0 Å².